The van der Waals surface area contributed by atoms with Crippen LogP contribution in [0.25, 0.3) is 0 Å². The van der Waals surface area contributed by atoms with Crippen molar-refractivity contribution in [3.05, 3.63) is 69.2 Å². The Hall–Kier alpha value is -1.02. The summed E-state index contributed by atoms with van der Waals surface area (Å²) in [5.74, 6) is 0. The molecule has 0 bridgehead atoms. The third-order valence-electron chi connectivity index (χ3n) is 3.20. The molecule has 2 rings (SSSR count). The molecule has 0 amide bonds. The molecule has 0 saturated carbocycles. The van der Waals surface area contributed by atoms with Crippen LogP contribution in [0.1, 0.15) is 29.7 Å². The molecule has 0 aromatic heterocycles. The second kappa shape index (κ2) is 6.42. The van der Waals surface area contributed by atoms with Gasteiger partial charge < -0.3 is 5.32 Å². The third-order valence-corrected chi connectivity index (χ3v) is 3.86. The van der Waals surface area contributed by atoms with Gasteiger partial charge in [0.15, 0.2) is 0 Å². The lowest BCUT2D eigenvalue weighted by atomic mass is 9.95. The minimum atomic E-state index is 0.0207. The first-order chi connectivity index (χ1) is 9.15. The largest absolute Gasteiger partial charge is 0.306 e. The van der Waals surface area contributed by atoms with Crippen molar-refractivity contribution < 1.29 is 0 Å². The summed E-state index contributed by atoms with van der Waals surface area (Å²) in [6.45, 7) is 5.03. The minimum absolute atomic E-state index is 0.0207. The normalized spacial score (nSPS) is 12.4. The van der Waals surface area contributed by atoms with Crippen LogP contribution < -0.4 is 5.32 Å². The lowest BCUT2D eigenvalue weighted by Gasteiger charge is -2.23. The first-order valence-corrected chi connectivity index (χ1v) is 7.13. The van der Waals surface area contributed by atoms with Gasteiger partial charge in [-0.15, -0.1) is 0 Å². The summed E-state index contributed by atoms with van der Waals surface area (Å²) in [6, 6.07) is 13.9. The molecule has 1 atom stereocenters. The molecule has 0 radical (unpaired) electrons. The second-order valence-corrected chi connectivity index (χ2v) is 5.30. The van der Waals surface area contributed by atoms with Gasteiger partial charge in [0.2, 0.25) is 0 Å². The molecule has 2 aromatic rings. The Kier molecular flexibility index (Phi) is 4.87. The Labute approximate surface area is 124 Å². The van der Waals surface area contributed by atoms with Gasteiger partial charge in [0.25, 0.3) is 0 Å². The van der Waals surface area contributed by atoms with Crippen LogP contribution in [0.3, 0.4) is 0 Å². The smallest absolute Gasteiger partial charge is 0.0608 e. The molecule has 100 valence electrons. The van der Waals surface area contributed by atoms with E-state index in [-0.39, 0.29) is 6.04 Å². The van der Waals surface area contributed by atoms with Gasteiger partial charge in [0.1, 0.15) is 0 Å². The molecule has 3 heteroatoms. The van der Waals surface area contributed by atoms with E-state index >= 15 is 0 Å². The van der Waals surface area contributed by atoms with E-state index in [9.17, 15) is 0 Å². The Bertz CT molecular complexity index is 546. The van der Waals surface area contributed by atoms with E-state index in [1.165, 1.54) is 11.1 Å². The van der Waals surface area contributed by atoms with Gasteiger partial charge in [0.05, 0.1) is 6.04 Å². The zero-order valence-corrected chi connectivity index (χ0v) is 12.6. The molecule has 2 aromatic carbocycles. The van der Waals surface area contributed by atoms with Crippen molar-refractivity contribution in [2.45, 2.75) is 19.9 Å². The highest BCUT2D eigenvalue weighted by Gasteiger charge is 2.20. The van der Waals surface area contributed by atoms with Gasteiger partial charge in [-0.1, -0.05) is 60.5 Å². The summed E-state index contributed by atoms with van der Waals surface area (Å²) in [7, 11) is 0. The van der Waals surface area contributed by atoms with E-state index in [2.05, 4.69) is 31.3 Å². The van der Waals surface area contributed by atoms with Crippen molar-refractivity contribution in [3.63, 3.8) is 0 Å². The number of aryl methyl sites for hydroxylation is 1. The quantitative estimate of drug-likeness (QED) is 0.836. The molecule has 0 aliphatic heterocycles. The Morgan fingerprint density at radius 1 is 1.00 bits per heavy atom. The van der Waals surface area contributed by atoms with Crippen molar-refractivity contribution in [2.75, 3.05) is 6.54 Å². The second-order valence-electron chi connectivity index (χ2n) is 4.48. The van der Waals surface area contributed by atoms with E-state index in [4.69, 9.17) is 23.2 Å². The van der Waals surface area contributed by atoms with E-state index in [0.29, 0.717) is 10.0 Å². The van der Waals surface area contributed by atoms with Crippen LogP contribution in [0, 0.1) is 6.92 Å². The van der Waals surface area contributed by atoms with Gasteiger partial charge in [0, 0.05) is 15.6 Å². The molecule has 1 N–H and O–H groups in total. The Morgan fingerprint density at radius 3 is 2.21 bits per heavy atom. The van der Waals surface area contributed by atoms with Crippen LogP contribution in [-0.2, 0) is 0 Å². The fourth-order valence-corrected chi connectivity index (χ4v) is 2.88. The van der Waals surface area contributed by atoms with Gasteiger partial charge >= 0.3 is 0 Å². The monoisotopic (exact) mass is 293 g/mol. The number of rotatable bonds is 4. The first kappa shape index (κ1) is 14.4. The van der Waals surface area contributed by atoms with Gasteiger partial charge in [-0.3, -0.25) is 0 Å². The van der Waals surface area contributed by atoms with Crippen molar-refractivity contribution in [3.8, 4) is 0 Å². The summed E-state index contributed by atoms with van der Waals surface area (Å²) in [5, 5.41) is 4.86. The predicted molar refractivity (Wildman–Crippen MR) is 83.2 cm³/mol. The minimum Gasteiger partial charge on any atom is -0.306 e. The van der Waals surface area contributed by atoms with Crippen molar-refractivity contribution >= 4 is 23.2 Å². The highest BCUT2D eigenvalue weighted by molar-refractivity contribution is 6.36. The van der Waals surface area contributed by atoms with E-state index < -0.39 is 0 Å². The molecule has 0 saturated heterocycles. The highest BCUT2D eigenvalue weighted by atomic mass is 35.5. The SMILES string of the molecule is CCNC(c1ccccc1C)c1c(Cl)cccc1Cl. The van der Waals surface area contributed by atoms with E-state index in [1.807, 2.05) is 30.3 Å². The lowest BCUT2D eigenvalue weighted by Crippen LogP contribution is -2.23. The van der Waals surface area contributed by atoms with Crippen molar-refractivity contribution in [1.82, 2.24) is 5.32 Å². The molecular formula is C16H17Cl2N. The topological polar surface area (TPSA) is 12.0 Å². The Morgan fingerprint density at radius 2 is 1.63 bits per heavy atom. The van der Waals surface area contributed by atoms with Crippen LogP contribution in [-0.4, -0.2) is 6.54 Å². The average Bonchev–Trinajstić information content (AvgIpc) is 2.38. The summed E-state index contributed by atoms with van der Waals surface area (Å²) in [5.41, 5.74) is 3.38. The molecule has 0 fully saturated rings. The van der Waals surface area contributed by atoms with Gasteiger partial charge in [-0.25, -0.2) is 0 Å². The van der Waals surface area contributed by atoms with Crippen molar-refractivity contribution in [1.29, 1.82) is 0 Å². The fraction of sp³-hybridized carbons (Fsp3) is 0.250. The highest BCUT2D eigenvalue weighted by Crippen LogP contribution is 2.35. The average molecular weight is 294 g/mol. The van der Waals surface area contributed by atoms with Crippen LogP contribution in [0.4, 0.5) is 0 Å². The number of hydrogen-bond donors (Lipinski definition) is 1. The lowest BCUT2D eigenvalue weighted by molar-refractivity contribution is 0.628. The first-order valence-electron chi connectivity index (χ1n) is 6.38. The summed E-state index contributed by atoms with van der Waals surface area (Å²) in [4.78, 5) is 0. The van der Waals surface area contributed by atoms with Crippen molar-refractivity contribution in [2.24, 2.45) is 0 Å². The van der Waals surface area contributed by atoms with Crippen LogP contribution in [0.2, 0.25) is 10.0 Å². The van der Waals surface area contributed by atoms with Crippen LogP contribution >= 0.6 is 23.2 Å². The zero-order chi connectivity index (χ0) is 13.8. The molecule has 0 heterocycles. The summed E-state index contributed by atoms with van der Waals surface area (Å²) >= 11 is 12.7. The van der Waals surface area contributed by atoms with E-state index in [1.54, 1.807) is 0 Å². The molecule has 1 unspecified atom stereocenters. The Balaban J connectivity index is 2.55. The maximum absolute atomic E-state index is 6.34. The predicted octanol–water partition coefficient (Wildman–Crippen LogP) is 5.00. The maximum Gasteiger partial charge on any atom is 0.0608 e. The summed E-state index contributed by atoms with van der Waals surface area (Å²) in [6.07, 6.45) is 0. The molecule has 0 aliphatic rings. The fourth-order valence-electron chi connectivity index (χ4n) is 2.27. The molecule has 1 nitrogen and oxygen atoms in total. The summed E-state index contributed by atoms with van der Waals surface area (Å²) < 4.78 is 0. The molecule has 0 aliphatic carbocycles. The molecule has 19 heavy (non-hydrogen) atoms. The third kappa shape index (κ3) is 3.11. The maximum atomic E-state index is 6.34. The van der Waals surface area contributed by atoms with Crippen LogP contribution in [0.5, 0.6) is 0 Å². The number of benzene rings is 2. The van der Waals surface area contributed by atoms with Gasteiger partial charge in [-0.05, 0) is 36.7 Å². The van der Waals surface area contributed by atoms with Crippen LogP contribution in [0.15, 0.2) is 42.5 Å². The number of hydrogen-bond acceptors (Lipinski definition) is 1. The standard InChI is InChI=1S/C16H17Cl2N/c1-3-19-16(12-8-5-4-7-11(12)2)15-13(17)9-6-10-14(15)18/h4-10,16,19H,3H2,1-2H3. The van der Waals surface area contributed by atoms with Gasteiger partial charge in [-0.2, -0.15) is 0 Å². The molecular weight excluding hydrogens is 277 g/mol. The van der Waals surface area contributed by atoms with E-state index in [0.717, 1.165) is 12.1 Å². The number of halogens is 2. The zero-order valence-electron chi connectivity index (χ0n) is 11.1. The number of nitrogens with one attached hydrogen (secondary N) is 1. The molecule has 0 spiro atoms.